The van der Waals surface area contributed by atoms with Crippen molar-refractivity contribution in [3.63, 3.8) is 0 Å². The molecule has 0 saturated carbocycles. The Morgan fingerprint density at radius 3 is 2.56 bits per heavy atom. The summed E-state index contributed by atoms with van der Waals surface area (Å²) in [5.41, 5.74) is 1.21. The van der Waals surface area contributed by atoms with E-state index in [0.717, 1.165) is 25.9 Å². The predicted octanol–water partition coefficient (Wildman–Crippen LogP) is 1.40. The van der Waals surface area contributed by atoms with E-state index in [4.69, 9.17) is 5.11 Å². The highest BCUT2D eigenvalue weighted by Crippen LogP contribution is 2.12. The molecule has 0 aliphatic carbocycles. The average Bonchev–Trinajstić information content (AvgIpc) is 2.66. The van der Waals surface area contributed by atoms with Gasteiger partial charge in [-0.05, 0) is 12.8 Å². The molecule has 4 nitrogen and oxygen atoms in total. The van der Waals surface area contributed by atoms with Gasteiger partial charge in [0.1, 0.15) is 0 Å². The molecule has 92 valence electrons. The van der Waals surface area contributed by atoms with Crippen molar-refractivity contribution in [2.24, 2.45) is 7.05 Å². The first-order chi connectivity index (χ1) is 7.71. The Balaban J connectivity index is 2.63. The highest BCUT2D eigenvalue weighted by atomic mass is 16.3. The second-order valence-electron chi connectivity index (χ2n) is 4.19. The van der Waals surface area contributed by atoms with Crippen LogP contribution in [0.15, 0.2) is 12.4 Å². The average molecular weight is 225 g/mol. The molecule has 0 spiro atoms. The fourth-order valence-corrected chi connectivity index (χ4v) is 2.11. The number of aromatic nitrogens is 2. The number of hydrogen-bond donors (Lipinski definition) is 1. The van der Waals surface area contributed by atoms with Crippen LogP contribution in [0.2, 0.25) is 0 Å². The Hall–Kier alpha value is -0.870. The summed E-state index contributed by atoms with van der Waals surface area (Å²) in [5.74, 6) is 0. The van der Waals surface area contributed by atoms with Crippen LogP contribution in [0.3, 0.4) is 0 Å². The fraction of sp³-hybridized carbons (Fsp3) is 0.750. The molecular formula is C12H23N3O. The van der Waals surface area contributed by atoms with E-state index in [-0.39, 0.29) is 6.61 Å². The summed E-state index contributed by atoms with van der Waals surface area (Å²) in [7, 11) is 1.93. The zero-order chi connectivity index (χ0) is 12.0. The number of hydrogen-bond acceptors (Lipinski definition) is 3. The number of rotatable bonds is 7. The van der Waals surface area contributed by atoms with Crippen molar-refractivity contribution < 1.29 is 5.11 Å². The molecule has 1 rings (SSSR count). The molecule has 0 amide bonds. The Bertz CT molecular complexity index is 294. The molecule has 1 aromatic rings. The van der Waals surface area contributed by atoms with Gasteiger partial charge in [0.25, 0.3) is 0 Å². The van der Waals surface area contributed by atoms with Gasteiger partial charge >= 0.3 is 0 Å². The van der Waals surface area contributed by atoms with Gasteiger partial charge in [0.2, 0.25) is 0 Å². The third-order valence-electron chi connectivity index (χ3n) is 2.99. The molecule has 16 heavy (non-hydrogen) atoms. The normalized spacial score (nSPS) is 11.6. The molecule has 0 aliphatic heterocycles. The zero-order valence-corrected chi connectivity index (χ0v) is 10.6. The van der Waals surface area contributed by atoms with E-state index in [1.165, 1.54) is 5.56 Å². The molecular weight excluding hydrogens is 202 g/mol. The molecule has 0 fully saturated rings. The van der Waals surface area contributed by atoms with Crippen LogP contribution < -0.4 is 0 Å². The van der Waals surface area contributed by atoms with Crippen molar-refractivity contribution in [1.29, 1.82) is 0 Å². The van der Waals surface area contributed by atoms with Crippen molar-refractivity contribution >= 4 is 0 Å². The molecule has 0 aliphatic rings. The Kier molecular flexibility index (Phi) is 5.49. The summed E-state index contributed by atoms with van der Waals surface area (Å²) in [6.07, 6.45) is 6.17. The van der Waals surface area contributed by atoms with Gasteiger partial charge in [-0.3, -0.25) is 9.58 Å². The Morgan fingerprint density at radius 1 is 1.44 bits per heavy atom. The SMILES string of the molecule is CCC(CC)N(CCO)Cc1cnn(C)c1. The van der Waals surface area contributed by atoms with E-state index in [1.807, 2.05) is 24.1 Å². The molecule has 0 saturated heterocycles. The first-order valence-corrected chi connectivity index (χ1v) is 6.03. The van der Waals surface area contributed by atoms with E-state index < -0.39 is 0 Å². The van der Waals surface area contributed by atoms with Gasteiger partial charge in [-0.1, -0.05) is 13.8 Å². The molecule has 0 aromatic carbocycles. The molecule has 1 N–H and O–H groups in total. The zero-order valence-electron chi connectivity index (χ0n) is 10.6. The lowest BCUT2D eigenvalue weighted by Gasteiger charge is -2.29. The van der Waals surface area contributed by atoms with Crippen LogP contribution in [0.5, 0.6) is 0 Å². The largest absolute Gasteiger partial charge is 0.395 e. The lowest BCUT2D eigenvalue weighted by atomic mass is 10.1. The molecule has 0 bridgehead atoms. The molecule has 0 atom stereocenters. The van der Waals surface area contributed by atoms with Crippen LogP contribution in [0.1, 0.15) is 32.3 Å². The molecule has 0 unspecified atom stereocenters. The van der Waals surface area contributed by atoms with E-state index in [0.29, 0.717) is 6.04 Å². The summed E-state index contributed by atoms with van der Waals surface area (Å²) in [6.45, 7) is 6.22. The number of nitrogens with zero attached hydrogens (tertiary/aromatic N) is 3. The van der Waals surface area contributed by atoms with Crippen LogP contribution in [0.4, 0.5) is 0 Å². The minimum Gasteiger partial charge on any atom is -0.395 e. The van der Waals surface area contributed by atoms with Crippen molar-refractivity contribution in [3.05, 3.63) is 18.0 Å². The minimum absolute atomic E-state index is 0.219. The van der Waals surface area contributed by atoms with Crippen LogP contribution in [-0.2, 0) is 13.6 Å². The summed E-state index contributed by atoms with van der Waals surface area (Å²) in [4.78, 5) is 2.33. The van der Waals surface area contributed by atoms with Gasteiger partial charge in [0, 0.05) is 37.9 Å². The summed E-state index contributed by atoms with van der Waals surface area (Å²) < 4.78 is 1.82. The first kappa shape index (κ1) is 13.2. The Labute approximate surface area is 97.9 Å². The summed E-state index contributed by atoms with van der Waals surface area (Å²) >= 11 is 0. The fourth-order valence-electron chi connectivity index (χ4n) is 2.11. The van der Waals surface area contributed by atoms with E-state index in [2.05, 4.69) is 23.8 Å². The van der Waals surface area contributed by atoms with Crippen LogP contribution in [-0.4, -0.2) is 39.0 Å². The highest BCUT2D eigenvalue weighted by molar-refractivity contribution is 5.03. The Morgan fingerprint density at radius 2 is 2.12 bits per heavy atom. The quantitative estimate of drug-likeness (QED) is 0.762. The number of aliphatic hydroxyl groups excluding tert-OH is 1. The smallest absolute Gasteiger partial charge is 0.0558 e. The van der Waals surface area contributed by atoms with E-state index >= 15 is 0 Å². The van der Waals surface area contributed by atoms with E-state index in [9.17, 15) is 0 Å². The number of aryl methyl sites for hydroxylation is 1. The predicted molar refractivity (Wildman–Crippen MR) is 65.1 cm³/mol. The van der Waals surface area contributed by atoms with Crippen molar-refractivity contribution in [3.8, 4) is 0 Å². The summed E-state index contributed by atoms with van der Waals surface area (Å²) in [5, 5.41) is 13.3. The topological polar surface area (TPSA) is 41.3 Å². The summed E-state index contributed by atoms with van der Waals surface area (Å²) in [6, 6.07) is 0.548. The monoisotopic (exact) mass is 225 g/mol. The molecule has 1 heterocycles. The van der Waals surface area contributed by atoms with Crippen molar-refractivity contribution in [1.82, 2.24) is 14.7 Å². The number of aliphatic hydroxyl groups is 1. The maximum absolute atomic E-state index is 9.10. The maximum Gasteiger partial charge on any atom is 0.0558 e. The molecule has 1 aromatic heterocycles. The highest BCUT2D eigenvalue weighted by Gasteiger charge is 2.15. The van der Waals surface area contributed by atoms with E-state index in [1.54, 1.807) is 0 Å². The third kappa shape index (κ3) is 3.61. The van der Waals surface area contributed by atoms with Crippen LogP contribution in [0.25, 0.3) is 0 Å². The van der Waals surface area contributed by atoms with Gasteiger partial charge in [-0.2, -0.15) is 5.10 Å². The first-order valence-electron chi connectivity index (χ1n) is 6.03. The lowest BCUT2D eigenvalue weighted by Crippen LogP contribution is -2.36. The van der Waals surface area contributed by atoms with Crippen molar-refractivity contribution in [2.75, 3.05) is 13.2 Å². The van der Waals surface area contributed by atoms with Gasteiger partial charge < -0.3 is 5.11 Å². The van der Waals surface area contributed by atoms with Crippen molar-refractivity contribution in [2.45, 2.75) is 39.3 Å². The second-order valence-corrected chi connectivity index (χ2v) is 4.19. The van der Waals surface area contributed by atoms with Gasteiger partial charge in [-0.25, -0.2) is 0 Å². The standard InChI is InChI=1S/C12H23N3O/c1-4-12(5-2)15(6-7-16)10-11-8-13-14(3)9-11/h8-9,12,16H,4-7,10H2,1-3H3. The van der Waals surface area contributed by atoms with Crippen LogP contribution >= 0.6 is 0 Å². The van der Waals surface area contributed by atoms with Gasteiger partial charge in [0.15, 0.2) is 0 Å². The van der Waals surface area contributed by atoms with Gasteiger partial charge in [0.05, 0.1) is 12.8 Å². The molecule has 0 radical (unpaired) electrons. The molecule has 4 heteroatoms. The minimum atomic E-state index is 0.219. The maximum atomic E-state index is 9.10. The lowest BCUT2D eigenvalue weighted by molar-refractivity contribution is 0.136. The van der Waals surface area contributed by atoms with Gasteiger partial charge in [-0.15, -0.1) is 0 Å². The second kappa shape index (κ2) is 6.66. The van der Waals surface area contributed by atoms with Crippen LogP contribution in [0, 0.1) is 0 Å². The third-order valence-corrected chi connectivity index (χ3v) is 2.99.